The highest BCUT2D eigenvalue weighted by Crippen LogP contribution is 2.40. The van der Waals surface area contributed by atoms with Gasteiger partial charge in [0.1, 0.15) is 17.3 Å². The SMILES string of the molecule is [2H]c1c([2H])c([2H])c(-c2cccc(-c3cc(C(C)(C)C)cc(C(C)(C)C)c3)c2-[n+]2[c-]n(-c3cc(Oc4ccc5c6ccccc6n(-c6cc(C([2H])([2H])C(C)(C)C)ccn6)c5c4)cc(C)n3)c3ccccc32)c([2H])c1[2H]. The lowest BCUT2D eigenvalue weighted by Gasteiger charge is -2.27. The summed E-state index contributed by atoms with van der Waals surface area (Å²) in [5.41, 5.74) is 8.56. The van der Waals surface area contributed by atoms with Gasteiger partial charge in [0.25, 0.3) is 6.33 Å². The fourth-order valence-electron chi connectivity index (χ4n) is 8.89. The summed E-state index contributed by atoms with van der Waals surface area (Å²) >= 11 is 0. The molecule has 6 heteroatoms. The number of ether oxygens (including phenoxy) is 1. The first-order chi connectivity index (χ1) is 34.8. The smallest absolute Gasteiger partial charge is 0.271 e. The van der Waals surface area contributed by atoms with E-state index in [1.807, 2.05) is 134 Å². The van der Waals surface area contributed by atoms with Crippen molar-refractivity contribution in [1.29, 1.82) is 0 Å². The van der Waals surface area contributed by atoms with Gasteiger partial charge in [-0.2, -0.15) is 0 Å². The van der Waals surface area contributed by atoms with Crippen LogP contribution in [0.1, 0.15) is 94.3 Å². The van der Waals surface area contributed by atoms with Crippen LogP contribution in [0.3, 0.4) is 0 Å². The van der Waals surface area contributed by atoms with Gasteiger partial charge in [-0.1, -0.05) is 171 Å². The second-order valence-corrected chi connectivity index (χ2v) is 20.5. The molecule has 10 rings (SSSR count). The molecule has 0 saturated heterocycles. The van der Waals surface area contributed by atoms with Gasteiger partial charge in [-0.15, -0.1) is 0 Å². The van der Waals surface area contributed by atoms with Crippen molar-refractivity contribution in [1.82, 2.24) is 19.1 Å². The molecular weight excluding hydrogens is 819 g/mol. The fourth-order valence-corrected chi connectivity index (χ4v) is 8.89. The van der Waals surface area contributed by atoms with E-state index in [-0.39, 0.29) is 28.5 Å². The van der Waals surface area contributed by atoms with Gasteiger partial charge in [-0.25, -0.2) is 4.98 Å². The molecule has 0 radical (unpaired) electrons. The average molecular weight is 885 g/mol. The Kier molecular flexibility index (Phi) is 8.86. The number of hydrogen-bond acceptors (Lipinski definition) is 3. The summed E-state index contributed by atoms with van der Waals surface area (Å²) in [6.07, 6.45) is 3.69. The van der Waals surface area contributed by atoms with Gasteiger partial charge in [-0.05, 0) is 98.8 Å². The van der Waals surface area contributed by atoms with Crippen LogP contribution in [0.4, 0.5) is 0 Å². The predicted molar refractivity (Wildman–Crippen MR) is 276 cm³/mol. The highest BCUT2D eigenvalue weighted by atomic mass is 16.5. The summed E-state index contributed by atoms with van der Waals surface area (Å²) in [5.74, 6) is 2.21. The number of fused-ring (bicyclic) bond motifs is 4. The Bertz CT molecular complexity index is 3830. The normalized spacial score (nSPS) is 14.1. The molecule has 6 nitrogen and oxygen atoms in total. The number of aryl methyl sites for hydroxylation is 1. The second kappa shape index (κ2) is 16.5. The number of pyridine rings is 2. The molecule has 0 aliphatic heterocycles. The van der Waals surface area contributed by atoms with Crippen LogP contribution < -0.4 is 9.30 Å². The molecule has 0 unspecified atom stereocenters. The number of benzene rings is 6. The Labute approximate surface area is 405 Å². The van der Waals surface area contributed by atoms with E-state index in [0.29, 0.717) is 45.6 Å². The van der Waals surface area contributed by atoms with Gasteiger partial charge in [0.05, 0.1) is 34.6 Å². The molecule has 0 aliphatic rings. The summed E-state index contributed by atoms with van der Waals surface area (Å²) in [7, 11) is 0. The molecule has 67 heavy (non-hydrogen) atoms. The van der Waals surface area contributed by atoms with Crippen molar-refractivity contribution in [3.8, 4) is 51.1 Å². The Morgan fingerprint density at radius 1 is 0.627 bits per heavy atom. The van der Waals surface area contributed by atoms with Crippen molar-refractivity contribution in [2.75, 3.05) is 0 Å². The first-order valence-corrected chi connectivity index (χ1v) is 22.8. The van der Waals surface area contributed by atoms with Gasteiger partial charge in [0, 0.05) is 43.6 Å². The largest absolute Gasteiger partial charge is 0.458 e. The molecule has 0 bridgehead atoms. The quantitative estimate of drug-likeness (QED) is 0.113. The van der Waals surface area contributed by atoms with Crippen LogP contribution in [0, 0.1) is 18.7 Å². The predicted octanol–water partition coefficient (Wildman–Crippen LogP) is 15.2. The van der Waals surface area contributed by atoms with Crippen LogP contribution in [0.2, 0.25) is 0 Å². The Morgan fingerprint density at radius 3 is 2.01 bits per heavy atom. The third-order valence-corrected chi connectivity index (χ3v) is 12.1. The van der Waals surface area contributed by atoms with E-state index in [9.17, 15) is 2.74 Å². The minimum Gasteiger partial charge on any atom is -0.458 e. The summed E-state index contributed by atoms with van der Waals surface area (Å²) in [6.45, 7) is 20.8. The van der Waals surface area contributed by atoms with Crippen LogP contribution in [-0.4, -0.2) is 19.1 Å². The van der Waals surface area contributed by atoms with E-state index in [1.54, 1.807) is 12.3 Å². The number of para-hydroxylation sites is 4. The summed E-state index contributed by atoms with van der Waals surface area (Å²) < 4.78 is 75.1. The molecule has 0 fully saturated rings. The maximum absolute atomic E-state index is 9.22. The summed E-state index contributed by atoms with van der Waals surface area (Å²) in [4.78, 5) is 9.83. The van der Waals surface area contributed by atoms with E-state index < -0.39 is 29.9 Å². The number of nitrogens with zero attached hydrogens (tertiary/aromatic N) is 5. The standard InChI is InChI=1S/C61H59N5O/c1-40-31-47(67-46-27-28-51-50-21-14-15-24-52(50)66(55(51)36-46)56-32-41(29-30-62-56)38-59(2,3)4)37-57(63-40)64-39-65(54-26-17-16-25-53(54)64)58-48(42-19-12-11-13-20-42)22-18-23-49(58)43-33-44(60(5,6)7)35-45(34-43)61(8,9)10/h11-37H,38H2,1-10H3/i11D,12D,13D,19D,20D,38D2. The average Bonchev–Trinajstić information content (AvgIpc) is 3.90. The highest BCUT2D eigenvalue weighted by molar-refractivity contribution is 6.09. The van der Waals surface area contributed by atoms with Gasteiger partial charge in [0.2, 0.25) is 0 Å². The molecule has 0 spiro atoms. The van der Waals surface area contributed by atoms with Crippen LogP contribution in [-0.2, 0) is 17.2 Å². The van der Waals surface area contributed by atoms with Crippen LogP contribution in [0.5, 0.6) is 11.5 Å². The van der Waals surface area contributed by atoms with E-state index >= 15 is 0 Å². The zero-order valence-electron chi connectivity index (χ0n) is 46.8. The molecule has 0 amide bonds. The van der Waals surface area contributed by atoms with Crippen molar-refractivity contribution >= 4 is 32.8 Å². The molecule has 4 heterocycles. The molecular formula is C61H59N5O. The maximum atomic E-state index is 9.22. The fraction of sp³-hybridized carbons (Fsp3) is 0.230. The minimum atomic E-state index is -1.62. The lowest BCUT2D eigenvalue weighted by atomic mass is 9.78. The molecule has 0 N–H and O–H groups in total. The molecule has 334 valence electrons. The van der Waals surface area contributed by atoms with Crippen molar-refractivity contribution in [3.05, 3.63) is 193 Å². The van der Waals surface area contributed by atoms with E-state index in [0.717, 1.165) is 55.1 Å². The third-order valence-electron chi connectivity index (χ3n) is 12.1. The molecule has 0 aliphatic carbocycles. The van der Waals surface area contributed by atoms with Gasteiger partial charge < -0.3 is 4.74 Å². The number of imidazole rings is 1. The first kappa shape index (κ1) is 35.9. The summed E-state index contributed by atoms with van der Waals surface area (Å²) in [6, 6.07) is 39.8. The topological polar surface area (TPSA) is 48.8 Å². The zero-order valence-corrected chi connectivity index (χ0v) is 39.8. The van der Waals surface area contributed by atoms with Gasteiger partial charge in [0.15, 0.2) is 5.82 Å². The first-order valence-electron chi connectivity index (χ1n) is 26.3. The summed E-state index contributed by atoms with van der Waals surface area (Å²) in [5, 5.41) is 2.02. The number of rotatable bonds is 8. The van der Waals surface area contributed by atoms with E-state index in [2.05, 4.69) is 76.7 Å². The van der Waals surface area contributed by atoms with Crippen LogP contribution in [0.25, 0.3) is 72.4 Å². The Balaban J connectivity index is 1.15. The molecule has 0 saturated carbocycles. The van der Waals surface area contributed by atoms with Gasteiger partial charge >= 0.3 is 0 Å². The van der Waals surface area contributed by atoms with E-state index in [1.165, 1.54) is 0 Å². The number of hydrogen-bond donors (Lipinski definition) is 0. The minimum absolute atomic E-state index is 0.0864. The molecule has 10 aromatic rings. The zero-order chi connectivity index (χ0) is 53.0. The monoisotopic (exact) mass is 885 g/mol. The lowest BCUT2D eigenvalue weighted by molar-refractivity contribution is -0.571. The molecule has 6 aromatic carbocycles. The molecule has 0 atom stereocenters. The lowest BCUT2D eigenvalue weighted by Crippen LogP contribution is -2.31. The second-order valence-electron chi connectivity index (χ2n) is 20.5. The third kappa shape index (κ3) is 8.53. The van der Waals surface area contributed by atoms with Crippen LogP contribution in [0.15, 0.2) is 164 Å². The van der Waals surface area contributed by atoms with E-state index in [4.69, 9.17) is 21.6 Å². The Morgan fingerprint density at radius 2 is 1.30 bits per heavy atom. The van der Waals surface area contributed by atoms with Crippen molar-refractivity contribution in [2.24, 2.45) is 5.41 Å². The van der Waals surface area contributed by atoms with Crippen molar-refractivity contribution in [3.63, 3.8) is 0 Å². The highest BCUT2D eigenvalue weighted by Gasteiger charge is 2.25. The Hall–Kier alpha value is -7.31. The van der Waals surface area contributed by atoms with Crippen molar-refractivity contribution < 1.29 is 18.9 Å². The number of aromatic nitrogens is 5. The van der Waals surface area contributed by atoms with Gasteiger partial charge in [-0.3, -0.25) is 18.7 Å². The maximum Gasteiger partial charge on any atom is 0.271 e. The molecule has 4 aromatic heterocycles. The van der Waals surface area contributed by atoms with Crippen LogP contribution >= 0.6 is 0 Å². The van der Waals surface area contributed by atoms with Crippen molar-refractivity contribution in [2.45, 2.75) is 86.4 Å².